The Morgan fingerprint density at radius 2 is 0.926 bits per heavy atom. The molecule has 1 fully saturated rings. The maximum Gasteiger partial charge on any atom is 0.678 e. The standard InChI is InChI=1S/C12H28O4Si.C6H12O.2H2O.Zr/c1-10(2,3)14-17(13,15-11(4,5)6)16-12(7,8)9;7-6-4-2-1-3-5-6;;;/h13H,1-9H3;6-7H,1-5H2;2*1H2;. The molecule has 7 nitrogen and oxygen atoms in total. The van der Waals surface area contributed by atoms with E-state index in [0.29, 0.717) is 0 Å². The van der Waals surface area contributed by atoms with Crippen LogP contribution in [0.1, 0.15) is 94.4 Å². The third kappa shape index (κ3) is 23.0. The molecule has 27 heavy (non-hydrogen) atoms. The second kappa shape index (κ2) is 13.9. The van der Waals surface area contributed by atoms with E-state index in [1.807, 2.05) is 62.3 Å². The van der Waals surface area contributed by atoms with Gasteiger partial charge in [0, 0.05) is 26.2 Å². The molecule has 9 heteroatoms. The van der Waals surface area contributed by atoms with Gasteiger partial charge in [-0.3, -0.25) is 0 Å². The van der Waals surface area contributed by atoms with Crippen LogP contribution in [-0.2, 0) is 39.5 Å². The van der Waals surface area contributed by atoms with Crippen LogP contribution < -0.4 is 0 Å². The predicted molar refractivity (Wildman–Crippen MR) is 107 cm³/mol. The molecule has 0 unspecified atom stereocenters. The molecule has 0 aromatic carbocycles. The van der Waals surface area contributed by atoms with Crippen molar-refractivity contribution in [2.75, 3.05) is 0 Å². The Balaban J connectivity index is -0.000000224. The molecule has 0 bridgehead atoms. The van der Waals surface area contributed by atoms with Crippen molar-refractivity contribution in [1.82, 2.24) is 0 Å². The molecular weight excluding hydrogens is 448 g/mol. The van der Waals surface area contributed by atoms with Gasteiger partial charge in [-0.15, -0.1) is 0 Å². The van der Waals surface area contributed by atoms with E-state index in [1.165, 1.54) is 19.3 Å². The summed E-state index contributed by atoms with van der Waals surface area (Å²) in [5.74, 6) is 0. The molecule has 0 saturated heterocycles. The summed E-state index contributed by atoms with van der Waals surface area (Å²) in [5.41, 5.74) is -1.55. The zero-order valence-corrected chi connectivity index (χ0v) is 22.2. The van der Waals surface area contributed by atoms with E-state index in [9.17, 15) is 4.80 Å². The molecule has 166 valence electrons. The Kier molecular flexibility index (Phi) is 18.2. The van der Waals surface area contributed by atoms with E-state index in [2.05, 4.69) is 0 Å². The van der Waals surface area contributed by atoms with Crippen LogP contribution in [-0.4, -0.2) is 52.8 Å². The largest absolute Gasteiger partial charge is 0.678 e. The summed E-state index contributed by atoms with van der Waals surface area (Å²) in [5, 5.41) is 8.91. The summed E-state index contributed by atoms with van der Waals surface area (Å²) in [6.45, 7) is 16.8. The third-order valence-corrected chi connectivity index (χ3v) is 5.49. The Labute approximate surface area is 186 Å². The minimum absolute atomic E-state index is 0. The molecular formula is C18H44O7SiZr. The van der Waals surface area contributed by atoms with Gasteiger partial charge in [0.2, 0.25) is 0 Å². The van der Waals surface area contributed by atoms with Gasteiger partial charge in [0.1, 0.15) is 0 Å². The molecule has 1 rings (SSSR count). The normalized spacial score (nSPS) is 16.1. The average molecular weight is 492 g/mol. The molecule has 0 aromatic rings. The van der Waals surface area contributed by atoms with Crippen molar-refractivity contribution in [2.45, 2.75) is 117 Å². The maximum absolute atomic E-state index is 10.5. The molecule has 0 aliphatic heterocycles. The van der Waals surface area contributed by atoms with Crippen molar-refractivity contribution in [3.8, 4) is 0 Å². The minimum atomic E-state index is -3.66. The first kappa shape index (κ1) is 35.3. The van der Waals surface area contributed by atoms with Crippen LogP contribution in [0.15, 0.2) is 0 Å². The van der Waals surface area contributed by atoms with Crippen LogP contribution in [0.5, 0.6) is 0 Å². The average Bonchev–Trinajstić information content (AvgIpc) is 2.21. The Bertz CT molecular complexity index is 315. The van der Waals surface area contributed by atoms with Crippen molar-refractivity contribution < 1.29 is 60.3 Å². The van der Waals surface area contributed by atoms with E-state index in [4.69, 9.17) is 18.4 Å². The molecule has 6 N–H and O–H groups in total. The van der Waals surface area contributed by atoms with E-state index in [-0.39, 0.29) is 43.3 Å². The minimum Gasteiger partial charge on any atom is -0.412 e. The van der Waals surface area contributed by atoms with Gasteiger partial charge >= 0.3 is 9.05 Å². The fourth-order valence-electron chi connectivity index (χ4n) is 2.30. The van der Waals surface area contributed by atoms with E-state index in [1.54, 1.807) is 0 Å². The first-order valence-corrected chi connectivity index (χ1v) is 10.7. The van der Waals surface area contributed by atoms with Crippen molar-refractivity contribution in [3.63, 3.8) is 0 Å². The molecule has 0 aromatic heterocycles. The molecule has 0 spiro atoms. The second-order valence-corrected chi connectivity index (χ2v) is 11.1. The summed E-state index contributed by atoms with van der Waals surface area (Å²) in [6, 6.07) is 0. The second-order valence-electron chi connectivity index (χ2n) is 9.46. The fraction of sp³-hybridized carbons (Fsp3) is 1.00. The summed E-state index contributed by atoms with van der Waals surface area (Å²) in [4.78, 5) is 10.5. The predicted octanol–water partition coefficient (Wildman–Crippen LogP) is 2.52. The van der Waals surface area contributed by atoms with Crippen molar-refractivity contribution >= 4 is 9.05 Å². The quantitative estimate of drug-likeness (QED) is 0.586. The van der Waals surface area contributed by atoms with Crippen LogP contribution in [0.25, 0.3) is 0 Å². The van der Waals surface area contributed by atoms with Gasteiger partial charge in [0.15, 0.2) is 0 Å². The molecule has 0 radical (unpaired) electrons. The monoisotopic (exact) mass is 490 g/mol. The van der Waals surface area contributed by atoms with Gasteiger partial charge in [0.05, 0.1) is 22.9 Å². The number of aliphatic hydroxyl groups is 1. The topological polar surface area (TPSA) is 131 Å². The summed E-state index contributed by atoms with van der Waals surface area (Å²) in [6.07, 6.45) is 5.92. The molecule has 1 saturated carbocycles. The van der Waals surface area contributed by atoms with Crippen LogP contribution in [0.4, 0.5) is 0 Å². The Morgan fingerprint density at radius 1 is 0.667 bits per heavy atom. The molecule has 1 aliphatic carbocycles. The van der Waals surface area contributed by atoms with Gasteiger partial charge in [-0.25, -0.2) is 0 Å². The molecule has 0 atom stereocenters. The van der Waals surface area contributed by atoms with Gasteiger partial charge in [-0.1, -0.05) is 19.3 Å². The number of hydrogen-bond acceptors (Lipinski definition) is 5. The molecule has 1 aliphatic rings. The van der Waals surface area contributed by atoms with Gasteiger partial charge in [-0.2, -0.15) is 0 Å². The zero-order valence-electron chi connectivity index (χ0n) is 18.7. The van der Waals surface area contributed by atoms with E-state index in [0.717, 1.165) is 12.8 Å². The zero-order chi connectivity index (χ0) is 19.2. The Hall–Kier alpha value is 0.820. The summed E-state index contributed by atoms with van der Waals surface area (Å²) in [7, 11) is -3.66. The van der Waals surface area contributed by atoms with Crippen LogP contribution in [0.2, 0.25) is 0 Å². The first-order chi connectivity index (χ1) is 10.5. The van der Waals surface area contributed by atoms with Gasteiger partial charge in [-0.05, 0) is 75.2 Å². The SMILES string of the molecule is CC(C)(C)O[Si](O)(OC(C)(C)C)OC(C)(C)C.O.O.OC1CCCCC1.[Zr]. The number of aliphatic hydroxyl groups excluding tert-OH is 1. The smallest absolute Gasteiger partial charge is 0.412 e. The molecule has 0 amide bonds. The number of hydrogen-bond donors (Lipinski definition) is 2. The van der Waals surface area contributed by atoms with Gasteiger partial charge < -0.3 is 34.1 Å². The maximum atomic E-state index is 10.5. The third-order valence-electron chi connectivity index (χ3n) is 2.88. The van der Waals surface area contributed by atoms with Crippen LogP contribution >= 0.6 is 0 Å². The van der Waals surface area contributed by atoms with Gasteiger partial charge in [0.25, 0.3) is 0 Å². The number of rotatable bonds is 3. The first-order valence-electron chi connectivity index (χ1n) is 9.02. The van der Waals surface area contributed by atoms with E-state index < -0.39 is 25.9 Å². The van der Waals surface area contributed by atoms with Crippen molar-refractivity contribution in [3.05, 3.63) is 0 Å². The fourth-order valence-corrected chi connectivity index (χ4v) is 4.75. The van der Waals surface area contributed by atoms with Crippen LogP contribution in [0, 0.1) is 0 Å². The van der Waals surface area contributed by atoms with Crippen LogP contribution in [0.3, 0.4) is 0 Å². The summed E-state index contributed by atoms with van der Waals surface area (Å²) < 4.78 is 16.9. The van der Waals surface area contributed by atoms with Crippen molar-refractivity contribution in [1.29, 1.82) is 0 Å². The summed E-state index contributed by atoms with van der Waals surface area (Å²) >= 11 is 0. The van der Waals surface area contributed by atoms with E-state index >= 15 is 0 Å². The van der Waals surface area contributed by atoms with Crippen molar-refractivity contribution in [2.24, 2.45) is 0 Å². The Morgan fingerprint density at radius 3 is 1.07 bits per heavy atom. The molecule has 0 heterocycles.